The molecule has 0 saturated carbocycles. The minimum Gasteiger partial charge on any atom is -0.496 e. The molecular weight excluding hydrogens is 270 g/mol. The molecule has 1 aromatic carbocycles. The van der Waals surface area contributed by atoms with E-state index in [0.29, 0.717) is 30.2 Å². The van der Waals surface area contributed by atoms with Gasteiger partial charge in [0.25, 0.3) is 5.91 Å². The number of hydrogen-bond acceptors (Lipinski definition) is 4. The predicted octanol–water partition coefficient (Wildman–Crippen LogP) is 2.00. The molecule has 1 unspecified atom stereocenters. The Hall–Kier alpha value is -1.75. The Balaban J connectivity index is 2.30. The fourth-order valence-corrected chi connectivity index (χ4v) is 2.79. The van der Waals surface area contributed by atoms with Gasteiger partial charge in [0, 0.05) is 24.2 Å². The Morgan fingerprint density at radius 3 is 2.33 bits per heavy atom. The van der Waals surface area contributed by atoms with Crippen LogP contribution in [0.4, 0.5) is 0 Å². The fraction of sp³-hybridized carbons (Fsp3) is 0.562. The van der Waals surface area contributed by atoms with Gasteiger partial charge in [0.05, 0.1) is 19.8 Å². The molecule has 21 heavy (non-hydrogen) atoms. The second-order valence-electron chi connectivity index (χ2n) is 5.83. The summed E-state index contributed by atoms with van der Waals surface area (Å²) >= 11 is 0. The molecule has 1 heterocycles. The van der Waals surface area contributed by atoms with E-state index in [4.69, 9.17) is 9.47 Å². The zero-order valence-corrected chi connectivity index (χ0v) is 13.1. The molecule has 1 aliphatic heterocycles. The van der Waals surface area contributed by atoms with Crippen LogP contribution in [0.15, 0.2) is 12.1 Å². The Kier molecular flexibility index (Phi) is 4.42. The van der Waals surface area contributed by atoms with Gasteiger partial charge in [-0.15, -0.1) is 0 Å². The van der Waals surface area contributed by atoms with Crippen molar-refractivity contribution in [1.82, 2.24) is 4.90 Å². The van der Waals surface area contributed by atoms with E-state index in [0.717, 1.165) is 18.4 Å². The van der Waals surface area contributed by atoms with Crippen LogP contribution in [0.3, 0.4) is 0 Å². The number of ether oxygens (including phenoxy) is 2. The molecule has 1 fully saturated rings. The quantitative estimate of drug-likeness (QED) is 0.926. The molecule has 5 heteroatoms. The number of carbonyl (C=O) groups is 1. The molecule has 0 radical (unpaired) electrons. The molecular formula is C16H23NO4. The summed E-state index contributed by atoms with van der Waals surface area (Å²) in [6.45, 7) is 4.66. The molecule has 1 atom stereocenters. The van der Waals surface area contributed by atoms with E-state index in [2.05, 4.69) is 0 Å². The van der Waals surface area contributed by atoms with Crippen LogP contribution in [0.5, 0.6) is 11.5 Å². The van der Waals surface area contributed by atoms with Crippen molar-refractivity contribution in [2.24, 2.45) is 0 Å². The zero-order valence-electron chi connectivity index (χ0n) is 13.1. The molecule has 0 aromatic heterocycles. The highest BCUT2D eigenvalue weighted by molar-refractivity contribution is 5.95. The lowest BCUT2D eigenvalue weighted by Gasteiger charge is -2.37. The normalized spacial score (nSPS) is 22.0. The standard InChI is InChI=1S/C16H23NO4/c1-11-13(20-3)8-12(9-14(11)21-4)15(18)17-7-5-6-16(2,19)10-17/h8-9,19H,5-7,10H2,1-4H3. The van der Waals surface area contributed by atoms with Gasteiger partial charge in [0.1, 0.15) is 11.5 Å². The molecule has 1 N–H and O–H groups in total. The molecule has 1 saturated heterocycles. The van der Waals surface area contributed by atoms with Crippen molar-refractivity contribution in [1.29, 1.82) is 0 Å². The molecule has 0 spiro atoms. The zero-order chi connectivity index (χ0) is 15.6. The molecule has 0 bridgehead atoms. The number of hydrogen-bond donors (Lipinski definition) is 1. The van der Waals surface area contributed by atoms with Gasteiger partial charge in [0.15, 0.2) is 0 Å². The maximum atomic E-state index is 12.6. The summed E-state index contributed by atoms with van der Waals surface area (Å²) in [5, 5.41) is 10.1. The van der Waals surface area contributed by atoms with Crippen LogP contribution in [0.1, 0.15) is 35.7 Å². The summed E-state index contributed by atoms with van der Waals surface area (Å²) < 4.78 is 10.6. The van der Waals surface area contributed by atoms with E-state index in [1.165, 1.54) is 0 Å². The van der Waals surface area contributed by atoms with Gasteiger partial charge in [-0.3, -0.25) is 4.79 Å². The summed E-state index contributed by atoms with van der Waals surface area (Å²) in [7, 11) is 3.14. The molecule has 5 nitrogen and oxygen atoms in total. The maximum Gasteiger partial charge on any atom is 0.254 e. The van der Waals surface area contributed by atoms with Gasteiger partial charge in [-0.2, -0.15) is 0 Å². The Bertz CT molecular complexity index is 514. The number of aliphatic hydroxyl groups is 1. The summed E-state index contributed by atoms with van der Waals surface area (Å²) in [6.07, 6.45) is 1.52. The van der Waals surface area contributed by atoms with Crippen molar-refractivity contribution in [2.45, 2.75) is 32.3 Å². The number of likely N-dealkylation sites (tertiary alicyclic amines) is 1. The van der Waals surface area contributed by atoms with E-state index in [9.17, 15) is 9.90 Å². The number of rotatable bonds is 3. The lowest BCUT2D eigenvalue weighted by molar-refractivity contribution is -0.0107. The number of β-amino-alcohol motifs (C(OH)–C–C–N with tert-alkyl or cyclic N) is 1. The number of benzene rings is 1. The molecule has 116 valence electrons. The minimum absolute atomic E-state index is 0.105. The largest absolute Gasteiger partial charge is 0.496 e. The van der Waals surface area contributed by atoms with E-state index >= 15 is 0 Å². The lowest BCUT2D eigenvalue weighted by Crippen LogP contribution is -2.48. The van der Waals surface area contributed by atoms with Crippen LogP contribution in [-0.2, 0) is 0 Å². The van der Waals surface area contributed by atoms with Gasteiger partial charge < -0.3 is 19.5 Å². The second kappa shape index (κ2) is 5.93. The highest BCUT2D eigenvalue weighted by Gasteiger charge is 2.31. The average Bonchev–Trinajstić information content (AvgIpc) is 2.45. The Morgan fingerprint density at radius 1 is 1.29 bits per heavy atom. The molecule has 1 amide bonds. The second-order valence-corrected chi connectivity index (χ2v) is 5.83. The van der Waals surface area contributed by atoms with E-state index in [1.807, 2.05) is 6.92 Å². The van der Waals surface area contributed by atoms with E-state index < -0.39 is 5.60 Å². The van der Waals surface area contributed by atoms with Gasteiger partial charge in [0.2, 0.25) is 0 Å². The van der Waals surface area contributed by atoms with Crippen molar-refractivity contribution in [3.63, 3.8) is 0 Å². The predicted molar refractivity (Wildman–Crippen MR) is 80.0 cm³/mol. The number of carbonyl (C=O) groups excluding carboxylic acids is 1. The molecule has 2 rings (SSSR count). The first-order chi connectivity index (χ1) is 9.88. The van der Waals surface area contributed by atoms with E-state index in [-0.39, 0.29) is 5.91 Å². The minimum atomic E-state index is -0.813. The first-order valence-electron chi connectivity index (χ1n) is 7.12. The summed E-state index contributed by atoms with van der Waals surface area (Å²) in [5.41, 5.74) is 0.571. The van der Waals surface area contributed by atoms with Crippen LogP contribution in [0.25, 0.3) is 0 Å². The lowest BCUT2D eigenvalue weighted by atomic mass is 9.94. The maximum absolute atomic E-state index is 12.6. The average molecular weight is 293 g/mol. The Morgan fingerprint density at radius 2 is 1.86 bits per heavy atom. The number of nitrogens with zero attached hydrogens (tertiary/aromatic N) is 1. The van der Waals surface area contributed by atoms with Crippen LogP contribution in [0, 0.1) is 6.92 Å². The Labute approximate surface area is 125 Å². The third-order valence-electron chi connectivity index (χ3n) is 3.96. The number of methoxy groups -OCH3 is 2. The summed E-state index contributed by atoms with van der Waals surface area (Å²) in [6, 6.07) is 3.45. The van der Waals surface area contributed by atoms with Crippen LogP contribution in [-0.4, -0.2) is 48.8 Å². The SMILES string of the molecule is COc1cc(C(=O)N2CCCC(C)(O)C2)cc(OC)c1C. The van der Waals surface area contributed by atoms with E-state index in [1.54, 1.807) is 38.2 Å². The van der Waals surface area contributed by atoms with Crippen molar-refractivity contribution in [3.8, 4) is 11.5 Å². The van der Waals surface area contributed by atoms with Crippen molar-refractivity contribution >= 4 is 5.91 Å². The molecule has 0 aliphatic carbocycles. The highest BCUT2D eigenvalue weighted by atomic mass is 16.5. The van der Waals surface area contributed by atoms with Gasteiger partial charge >= 0.3 is 0 Å². The van der Waals surface area contributed by atoms with Gasteiger partial charge in [-0.1, -0.05) is 0 Å². The van der Waals surface area contributed by atoms with Crippen molar-refractivity contribution in [3.05, 3.63) is 23.3 Å². The van der Waals surface area contributed by atoms with Crippen molar-refractivity contribution < 1.29 is 19.4 Å². The van der Waals surface area contributed by atoms with Gasteiger partial charge in [-0.25, -0.2) is 0 Å². The monoisotopic (exact) mass is 293 g/mol. The topological polar surface area (TPSA) is 59.0 Å². The number of piperidine rings is 1. The smallest absolute Gasteiger partial charge is 0.254 e. The van der Waals surface area contributed by atoms with Crippen LogP contribution >= 0.6 is 0 Å². The highest BCUT2D eigenvalue weighted by Crippen LogP contribution is 2.31. The fourth-order valence-electron chi connectivity index (χ4n) is 2.79. The summed E-state index contributed by atoms with van der Waals surface area (Å²) in [4.78, 5) is 14.3. The number of amides is 1. The molecule has 1 aromatic rings. The van der Waals surface area contributed by atoms with Crippen molar-refractivity contribution in [2.75, 3.05) is 27.3 Å². The van der Waals surface area contributed by atoms with Gasteiger partial charge in [-0.05, 0) is 38.8 Å². The first-order valence-corrected chi connectivity index (χ1v) is 7.12. The first kappa shape index (κ1) is 15.6. The third-order valence-corrected chi connectivity index (χ3v) is 3.96. The van der Waals surface area contributed by atoms with Crippen LogP contribution < -0.4 is 9.47 Å². The molecule has 1 aliphatic rings. The third kappa shape index (κ3) is 3.29. The summed E-state index contributed by atoms with van der Waals surface area (Å²) in [5.74, 6) is 1.15. The van der Waals surface area contributed by atoms with Crippen LogP contribution in [0.2, 0.25) is 0 Å².